The third-order valence-corrected chi connectivity index (χ3v) is 2.70. The maximum Gasteiger partial charge on any atom is 0.125 e. The van der Waals surface area contributed by atoms with Crippen LogP contribution < -0.4 is 10.1 Å². The van der Waals surface area contributed by atoms with Crippen molar-refractivity contribution in [3.63, 3.8) is 0 Å². The van der Waals surface area contributed by atoms with E-state index >= 15 is 0 Å². The third-order valence-electron chi connectivity index (χ3n) is 2.70. The Bertz CT molecular complexity index is 779. The van der Waals surface area contributed by atoms with Crippen LogP contribution in [0.15, 0.2) is 54.4 Å². The number of hydrogen-bond acceptors (Lipinski definition) is 2. The average molecular weight is 299 g/mol. The van der Waals surface area contributed by atoms with Crippen LogP contribution >= 0.6 is 12.4 Å². The molecule has 1 N–H and O–H groups in total. The van der Waals surface area contributed by atoms with Gasteiger partial charge < -0.3 is 10.1 Å². The minimum absolute atomic E-state index is 0. The first-order valence-electron chi connectivity index (χ1n) is 9.65. The minimum Gasteiger partial charge on any atom is -0.485 e. The summed E-state index contributed by atoms with van der Waals surface area (Å²) in [6, 6.07) is 1.23. The molecule has 0 aliphatic rings. The van der Waals surface area contributed by atoms with Crippen molar-refractivity contribution in [2.75, 3.05) is 13.6 Å². The molecule has 0 radical (unpaired) electrons. The van der Waals surface area contributed by atoms with Crippen molar-refractivity contribution in [1.29, 1.82) is 0 Å². The monoisotopic (exact) mass is 298 g/mol. The molecule has 2 aromatic rings. The first-order chi connectivity index (χ1) is 12.2. The highest BCUT2D eigenvalue weighted by Crippen LogP contribution is 2.26. The Kier molecular flexibility index (Phi) is 3.75. The van der Waals surface area contributed by atoms with E-state index in [1.807, 2.05) is 0 Å². The van der Waals surface area contributed by atoms with E-state index in [-0.39, 0.29) is 47.9 Å². The number of aryl methyl sites for hydroxylation is 1. The number of halogens is 1. The van der Waals surface area contributed by atoms with E-state index in [1.165, 1.54) is 6.07 Å². The van der Waals surface area contributed by atoms with Crippen LogP contribution in [0.5, 0.6) is 5.75 Å². The molecule has 0 aliphatic heterocycles. The highest BCUT2D eigenvalue weighted by Gasteiger charge is 2.13. The van der Waals surface area contributed by atoms with Gasteiger partial charge in [0.15, 0.2) is 0 Å². The maximum atomic E-state index is 8.16. The van der Waals surface area contributed by atoms with Crippen molar-refractivity contribution in [3.05, 3.63) is 65.6 Å². The van der Waals surface area contributed by atoms with Gasteiger partial charge >= 0.3 is 0 Å². The van der Waals surface area contributed by atoms with Crippen molar-refractivity contribution < 1.29 is 14.3 Å². The summed E-state index contributed by atoms with van der Waals surface area (Å²) < 4.78 is 61.4. The molecule has 1 atom stereocenters. The molecule has 0 heterocycles. The number of hydrogen-bond donors (Lipinski definition) is 1. The molecule has 0 unspecified atom stereocenters. The van der Waals surface area contributed by atoms with Crippen LogP contribution in [-0.4, -0.2) is 13.6 Å². The smallest absolute Gasteiger partial charge is 0.125 e. The number of benzene rings is 2. The summed E-state index contributed by atoms with van der Waals surface area (Å²) in [4.78, 5) is 0. The second-order valence-corrected chi connectivity index (χ2v) is 4.15. The molecule has 0 amide bonds. The number of rotatable bonds is 6. The Morgan fingerprint density at radius 2 is 1.95 bits per heavy atom. The van der Waals surface area contributed by atoms with Gasteiger partial charge in [0, 0.05) is 6.42 Å². The number of nitrogens with one attached hydrogen (secondary N) is 1. The highest BCUT2D eigenvalue weighted by molar-refractivity contribution is 5.85. The Balaban J connectivity index is 0.00000364. The molecule has 2 rings (SSSR count). The van der Waals surface area contributed by atoms with Crippen molar-refractivity contribution in [3.8, 4) is 5.75 Å². The predicted molar refractivity (Wildman–Crippen MR) is 86.8 cm³/mol. The van der Waals surface area contributed by atoms with E-state index in [0.29, 0.717) is 18.5 Å². The molecular formula is C17H22ClNO. The van der Waals surface area contributed by atoms with Crippen LogP contribution in [0.4, 0.5) is 0 Å². The SMILES string of the molecule is Cl.[2H]c1cc([2H])c(O[C@H](CCNC)c2c([2H])c([2H])c([2H])c([2H])c2[2H])c(C)c1. The summed E-state index contributed by atoms with van der Waals surface area (Å²) in [6.45, 7) is 2.21. The quantitative estimate of drug-likeness (QED) is 0.865. The van der Waals surface area contributed by atoms with Gasteiger partial charge in [0.2, 0.25) is 0 Å². The largest absolute Gasteiger partial charge is 0.485 e. The molecule has 20 heavy (non-hydrogen) atoms. The van der Waals surface area contributed by atoms with Crippen LogP contribution in [0.1, 0.15) is 33.2 Å². The van der Waals surface area contributed by atoms with E-state index in [0.717, 1.165) is 0 Å². The summed E-state index contributed by atoms with van der Waals surface area (Å²) in [5.74, 6) is 0.244. The zero-order chi connectivity index (χ0) is 19.6. The topological polar surface area (TPSA) is 21.3 Å². The van der Waals surface area contributed by atoms with Crippen LogP contribution in [0.2, 0.25) is 0 Å². The summed E-state index contributed by atoms with van der Waals surface area (Å²) in [5, 5.41) is 2.96. The zero-order valence-corrected chi connectivity index (χ0v) is 12.3. The molecule has 0 saturated heterocycles. The van der Waals surface area contributed by atoms with Crippen molar-refractivity contribution in [2.24, 2.45) is 0 Å². The molecule has 3 heteroatoms. The molecule has 108 valence electrons. The molecule has 0 fully saturated rings. The van der Waals surface area contributed by atoms with Crippen molar-refractivity contribution >= 4 is 12.4 Å². The lowest BCUT2D eigenvalue weighted by Crippen LogP contribution is -2.16. The second kappa shape index (κ2) is 8.62. The Hall–Kier alpha value is -1.51. The number of para-hydroxylation sites is 1. The van der Waals surface area contributed by atoms with Gasteiger partial charge in [0.1, 0.15) is 11.9 Å². The lowest BCUT2D eigenvalue weighted by Gasteiger charge is -2.20. The molecule has 2 aromatic carbocycles. The van der Waals surface area contributed by atoms with E-state index in [9.17, 15) is 0 Å². The van der Waals surface area contributed by atoms with Gasteiger partial charge in [-0.25, -0.2) is 0 Å². The first kappa shape index (κ1) is 8.71. The molecule has 2 nitrogen and oxygen atoms in total. The average Bonchev–Trinajstić information content (AvgIpc) is 2.58. The molecule has 0 bridgehead atoms. The Morgan fingerprint density at radius 3 is 2.60 bits per heavy atom. The summed E-state index contributed by atoms with van der Waals surface area (Å²) in [6.07, 6.45) is -0.470. The molecular weight excluding hydrogens is 270 g/mol. The predicted octanol–water partition coefficient (Wildman–Crippen LogP) is 4.15. The van der Waals surface area contributed by atoms with Gasteiger partial charge in [-0.15, -0.1) is 12.4 Å². The summed E-state index contributed by atoms with van der Waals surface area (Å²) in [7, 11) is 1.75. The molecule has 0 spiro atoms. The lowest BCUT2D eigenvalue weighted by molar-refractivity contribution is 0.193. The zero-order valence-electron chi connectivity index (χ0n) is 18.5. The molecule has 0 aliphatic carbocycles. The standard InChI is InChI=1S/C17H21NO.ClH/c1-14-8-6-7-11-16(14)19-17(12-13-18-2)15-9-4-3-5-10-15;/h3-11,17-18H,12-13H2,1-2H3;1H/t17-;/m1./s1/i3D,4D,5D,6D,9D,10D,11D;. The van der Waals surface area contributed by atoms with Crippen LogP contribution in [0.3, 0.4) is 0 Å². The highest BCUT2D eigenvalue weighted by atomic mass is 35.5. The van der Waals surface area contributed by atoms with Crippen LogP contribution in [0, 0.1) is 6.92 Å². The van der Waals surface area contributed by atoms with Crippen LogP contribution in [0.25, 0.3) is 0 Å². The maximum absolute atomic E-state index is 8.16. The van der Waals surface area contributed by atoms with E-state index in [1.54, 1.807) is 20.0 Å². The summed E-state index contributed by atoms with van der Waals surface area (Å²) in [5.41, 5.74) is 0.657. The first-order valence-corrected chi connectivity index (χ1v) is 6.15. The Morgan fingerprint density at radius 1 is 1.20 bits per heavy atom. The van der Waals surface area contributed by atoms with Gasteiger partial charge in [0.05, 0.1) is 9.60 Å². The van der Waals surface area contributed by atoms with Crippen molar-refractivity contribution in [2.45, 2.75) is 19.4 Å². The third kappa shape index (κ3) is 4.55. The molecule has 0 aromatic heterocycles. The molecule has 0 saturated carbocycles. The van der Waals surface area contributed by atoms with Gasteiger partial charge in [-0.1, -0.05) is 48.4 Å². The Labute approximate surface area is 137 Å². The lowest BCUT2D eigenvalue weighted by atomic mass is 10.1. The summed E-state index contributed by atoms with van der Waals surface area (Å²) >= 11 is 0. The normalized spacial score (nSPS) is 16.4. The van der Waals surface area contributed by atoms with Gasteiger partial charge in [-0.3, -0.25) is 0 Å². The van der Waals surface area contributed by atoms with Gasteiger partial charge in [-0.2, -0.15) is 0 Å². The fourth-order valence-corrected chi connectivity index (χ4v) is 1.68. The fraction of sp³-hybridized carbons (Fsp3) is 0.294. The minimum atomic E-state index is -0.823. The van der Waals surface area contributed by atoms with E-state index in [2.05, 4.69) is 5.32 Å². The van der Waals surface area contributed by atoms with E-state index in [4.69, 9.17) is 14.3 Å². The van der Waals surface area contributed by atoms with Crippen molar-refractivity contribution in [1.82, 2.24) is 5.32 Å². The van der Waals surface area contributed by atoms with Crippen LogP contribution in [-0.2, 0) is 0 Å². The fourth-order valence-electron chi connectivity index (χ4n) is 1.68. The second-order valence-electron chi connectivity index (χ2n) is 4.15. The number of ether oxygens (including phenoxy) is 1. The van der Waals surface area contributed by atoms with E-state index < -0.39 is 24.2 Å². The van der Waals surface area contributed by atoms with Gasteiger partial charge in [-0.05, 0) is 37.7 Å². The van der Waals surface area contributed by atoms with Gasteiger partial charge in [0.25, 0.3) is 0 Å².